The van der Waals surface area contributed by atoms with Crippen LogP contribution in [0, 0.1) is 6.07 Å². The van der Waals surface area contributed by atoms with Crippen LogP contribution in [0.15, 0.2) is 42.5 Å². The smallest absolute Gasteiger partial charge is 0.0836 e. The van der Waals surface area contributed by atoms with Gasteiger partial charge in [0.15, 0.2) is 0 Å². The van der Waals surface area contributed by atoms with Crippen molar-refractivity contribution in [3.63, 3.8) is 0 Å². The summed E-state index contributed by atoms with van der Waals surface area (Å²) in [5.41, 5.74) is 2.12. The number of hydrogen-bond donors (Lipinski definition) is 0. The predicted molar refractivity (Wildman–Crippen MR) is 61.8 cm³/mol. The monoisotopic (exact) mass is 222 g/mol. The van der Waals surface area contributed by atoms with Crippen LogP contribution in [0.3, 0.4) is 0 Å². The minimum Gasteiger partial charge on any atom is -0.0836 e. The van der Waals surface area contributed by atoms with Crippen LogP contribution < -0.4 is 0 Å². The minimum atomic E-state index is 0. The molecule has 14 heavy (non-hydrogen) atoms. The first-order chi connectivity index (χ1) is 6.75. The topological polar surface area (TPSA) is 0 Å². The zero-order chi connectivity index (χ0) is 9.97. The fourth-order valence-corrected chi connectivity index (χ4v) is 1.79. The van der Waals surface area contributed by atoms with Crippen molar-refractivity contribution in [2.24, 2.45) is 0 Å². The van der Waals surface area contributed by atoms with Crippen LogP contribution in [0.1, 0.15) is 1.43 Å². The molecule has 2 rings (SSSR count). The van der Waals surface area contributed by atoms with Crippen LogP contribution in [-0.2, 0) is 0 Å². The molecule has 0 N–H and O–H groups in total. The molecule has 0 saturated carbocycles. The average Bonchev–Trinajstić information content (AvgIpc) is 2.18. The first-order valence-electron chi connectivity index (χ1n) is 4.19. The highest BCUT2D eigenvalue weighted by Gasteiger charge is 2.00. The van der Waals surface area contributed by atoms with Gasteiger partial charge in [-0.2, -0.15) is 0 Å². The van der Waals surface area contributed by atoms with E-state index >= 15 is 0 Å². The van der Waals surface area contributed by atoms with E-state index in [1.165, 1.54) is 0 Å². The maximum absolute atomic E-state index is 5.86. The van der Waals surface area contributed by atoms with E-state index in [-0.39, 0.29) is 1.43 Å². The molecular formula is C12H8Cl2+. The van der Waals surface area contributed by atoms with Crippen molar-refractivity contribution in [2.75, 3.05) is 0 Å². The van der Waals surface area contributed by atoms with E-state index in [1.807, 2.05) is 42.5 Å². The second-order valence-corrected chi connectivity index (χ2v) is 3.75. The van der Waals surface area contributed by atoms with Crippen molar-refractivity contribution in [3.8, 4) is 11.1 Å². The van der Waals surface area contributed by atoms with E-state index in [1.54, 1.807) is 0 Å². The Kier molecular flexibility index (Phi) is 2.76. The van der Waals surface area contributed by atoms with Gasteiger partial charge in [0.2, 0.25) is 0 Å². The second-order valence-electron chi connectivity index (χ2n) is 2.93. The normalized spacial score (nSPS) is 10.1. The van der Waals surface area contributed by atoms with Crippen LogP contribution in [0.2, 0.25) is 10.0 Å². The molecule has 0 aliphatic carbocycles. The number of benzene rings is 2. The highest BCUT2D eigenvalue weighted by molar-refractivity contribution is 6.34. The Balaban J connectivity index is 0.00000112. The summed E-state index contributed by atoms with van der Waals surface area (Å²) < 4.78 is 0. The fraction of sp³-hybridized carbons (Fsp3) is 0. The summed E-state index contributed by atoms with van der Waals surface area (Å²) in [4.78, 5) is 0. The zero-order valence-corrected chi connectivity index (χ0v) is 8.81. The molecule has 2 aromatic rings. The zero-order valence-electron chi connectivity index (χ0n) is 8.30. The van der Waals surface area contributed by atoms with Gasteiger partial charge in [0.25, 0.3) is 0 Å². The van der Waals surface area contributed by atoms with Gasteiger partial charge in [0, 0.05) is 6.07 Å². The van der Waals surface area contributed by atoms with Gasteiger partial charge in [-0.15, -0.1) is 0 Å². The maximum atomic E-state index is 5.86. The lowest BCUT2D eigenvalue weighted by molar-refractivity contribution is 1.61. The summed E-state index contributed by atoms with van der Waals surface area (Å²) >= 11 is 11.7. The molecule has 0 aliphatic rings. The minimum absolute atomic E-state index is 0. The summed E-state index contributed by atoms with van der Waals surface area (Å²) in [7, 11) is 0. The summed E-state index contributed by atoms with van der Waals surface area (Å²) in [6.45, 7) is 0. The highest BCUT2D eigenvalue weighted by atomic mass is 35.5. The van der Waals surface area contributed by atoms with Crippen molar-refractivity contribution < 1.29 is 1.43 Å². The van der Waals surface area contributed by atoms with Crippen molar-refractivity contribution in [3.05, 3.63) is 58.6 Å². The molecule has 2 aromatic carbocycles. The Hall–Kier alpha value is -0.980. The van der Waals surface area contributed by atoms with Gasteiger partial charge >= 0.3 is 1.43 Å². The first kappa shape index (κ1) is 9.57. The van der Waals surface area contributed by atoms with E-state index in [0.717, 1.165) is 11.1 Å². The third-order valence-corrected chi connectivity index (χ3v) is 2.32. The third-order valence-electron chi connectivity index (χ3n) is 1.91. The average molecular weight is 223 g/mol. The van der Waals surface area contributed by atoms with E-state index in [9.17, 15) is 0 Å². The van der Waals surface area contributed by atoms with Gasteiger partial charge in [0.1, 0.15) is 0 Å². The largest absolute Gasteiger partial charge is 1.00 e. The molecule has 0 fully saturated rings. The lowest BCUT2D eigenvalue weighted by Crippen LogP contribution is -1.77. The van der Waals surface area contributed by atoms with E-state index in [4.69, 9.17) is 23.2 Å². The molecule has 1 radical (unpaired) electrons. The molecule has 0 spiro atoms. The molecule has 2 heteroatoms. The van der Waals surface area contributed by atoms with E-state index in [2.05, 4.69) is 6.07 Å². The van der Waals surface area contributed by atoms with Gasteiger partial charge in [-0.1, -0.05) is 53.5 Å². The maximum Gasteiger partial charge on any atom is 1.00 e. The lowest BCUT2D eigenvalue weighted by Gasteiger charge is -2.02. The highest BCUT2D eigenvalue weighted by Crippen LogP contribution is 2.26. The molecular weight excluding hydrogens is 215 g/mol. The predicted octanol–water partition coefficient (Wildman–Crippen LogP) is 4.57. The van der Waals surface area contributed by atoms with Gasteiger partial charge < -0.3 is 0 Å². The van der Waals surface area contributed by atoms with Gasteiger partial charge in [-0.25, -0.2) is 0 Å². The van der Waals surface area contributed by atoms with Crippen LogP contribution >= 0.6 is 23.2 Å². The summed E-state index contributed by atoms with van der Waals surface area (Å²) in [6.07, 6.45) is 0. The molecule has 0 nitrogen and oxygen atoms in total. The number of hydrogen-bond acceptors (Lipinski definition) is 0. The molecule has 0 amide bonds. The summed E-state index contributed by atoms with van der Waals surface area (Å²) in [6, 6.07) is 16.5. The van der Waals surface area contributed by atoms with Gasteiger partial charge in [-0.05, 0) is 23.3 Å². The Morgan fingerprint density at radius 1 is 0.857 bits per heavy atom. The number of rotatable bonds is 1. The van der Waals surface area contributed by atoms with Crippen LogP contribution in [0.25, 0.3) is 11.1 Å². The Labute approximate surface area is 94.6 Å². The third kappa shape index (κ3) is 2.09. The van der Waals surface area contributed by atoms with Crippen molar-refractivity contribution in [1.82, 2.24) is 0 Å². The molecule has 69 valence electrons. The first-order valence-corrected chi connectivity index (χ1v) is 4.95. The van der Waals surface area contributed by atoms with Crippen molar-refractivity contribution in [1.29, 1.82) is 0 Å². The molecule has 0 bridgehead atoms. The molecule has 0 aromatic heterocycles. The van der Waals surface area contributed by atoms with Crippen molar-refractivity contribution >= 4 is 23.2 Å². The fourth-order valence-electron chi connectivity index (χ4n) is 1.30. The van der Waals surface area contributed by atoms with E-state index in [0.29, 0.717) is 10.0 Å². The van der Waals surface area contributed by atoms with Crippen LogP contribution in [0.4, 0.5) is 0 Å². The van der Waals surface area contributed by atoms with Crippen LogP contribution in [0.5, 0.6) is 0 Å². The Morgan fingerprint density at radius 2 is 1.43 bits per heavy atom. The molecule has 0 aliphatic heterocycles. The molecule has 0 unspecified atom stereocenters. The standard InChI is InChI=1S/C12H7Cl2/c13-11-6-10(7-12(14)8-11)9-4-2-1-3-5-9/h1-7H/p+1. The van der Waals surface area contributed by atoms with E-state index < -0.39 is 0 Å². The summed E-state index contributed by atoms with van der Waals surface area (Å²) in [5.74, 6) is 0. The quantitative estimate of drug-likeness (QED) is 0.664. The lowest BCUT2D eigenvalue weighted by atomic mass is 10.1. The number of halogens is 2. The van der Waals surface area contributed by atoms with Crippen molar-refractivity contribution in [2.45, 2.75) is 0 Å². The van der Waals surface area contributed by atoms with Gasteiger partial charge in [0.05, 0.1) is 10.0 Å². The molecule has 0 heterocycles. The Morgan fingerprint density at radius 3 is 2.00 bits per heavy atom. The summed E-state index contributed by atoms with van der Waals surface area (Å²) in [5, 5.41) is 1.08. The van der Waals surface area contributed by atoms with Gasteiger partial charge in [-0.3, -0.25) is 0 Å². The SMILES string of the molecule is Clc1[c]c(Cl)cc(-c2ccccc2)c1.[H+]. The molecule has 0 saturated heterocycles. The Bertz CT molecular complexity index is 420. The second kappa shape index (κ2) is 4.04. The van der Waals surface area contributed by atoms with Crippen LogP contribution in [-0.4, -0.2) is 0 Å². The molecule has 0 atom stereocenters.